The van der Waals surface area contributed by atoms with E-state index in [9.17, 15) is 8.42 Å². The third-order valence-corrected chi connectivity index (χ3v) is 1.48. The molecule has 0 saturated carbocycles. The van der Waals surface area contributed by atoms with Crippen LogP contribution >= 0.6 is 0 Å². The van der Waals surface area contributed by atoms with E-state index in [0.29, 0.717) is 0 Å². The Kier molecular flexibility index (Phi) is 2.67. The zero-order chi connectivity index (χ0) is 6.62. The van der Waals surface area contributed by atoms with Crippen LogP contribution in [0.4, 0.5) is 0 Å². The zero-order valence-electron chi connectivity index (χ0n) is 4.22. The van der Waals surface area contributed by atoms with Gasteiger partial charge in [0, 0.05) is 0 Å². The molecule has 0 aromatic rings. The van der Waals surface area contributed by atoms with Crippen molar-refractivity contribution in [1.82, 2.24) is 10.7 Å². The van der Waals surface area contributed by atoms with Crippen molar-refractivity contribution in [3.63, 3.8) is 0 Å². The lowest BCUT2D eigenvalue weighted by Gasteiger charge is -1.92. The van der Waals surface area contributed by atoms with Crippen molar-refractivity contribution in [3.05, 3.63) is 12.7 Å². The van der Waals surface area contributed by atoms with Gasteiger partial charge < -0.3 is 0 Å². The lowest BCUT2D eigenvalue weighted by molar-refractivity contribution is 0.585. The average Bonchev–Trinajstić information content (AvgIpc) is 1.67. The number of hydrogen-bond acceptors (Lipinski definition) is 2. The highest BCUT2D eigenvalue weighted by Crippen LogP contribution is 1.78. The quantitative estimate of drug-likeness (QED) is 0.410. The fraction of sp³-hybridized carbons (Fsp3) is 0.333. The molecule has 0 bridgehead atoms. The summed E-state index contributed by atoms with van der Waals surface area (Å²) in [5.74, 6) is 6.03. The number of nitrogens with one attached hydrogen (secondary N) is 2. The molecule has 0 aliphatic heterocycles. The summed E-state index contributed by atoms with van der Waals surface area (Å²) in [5, 5.41) is 0. The Morgan fingerprint density at radius 1 is 1.75 bits per heavy atom. The van der Waals surface area contributed by atoms with E-state index in [0.717, 1.165) is 0 Å². The molecule has 0 aromatic carbocycles. The molecule has 47 valence electrons. The van der Waals surface area contributed by atoms with Crippen molar-refractivity contribution in [1.29, 1.82) is 0 Å². The lowest BCUT2D eigenvalue weighted by atomic mass is 10.8. The summed E-state index contributed by atoms with van der Waals surface area (Å²) >= 11 is 0. The molecule has 1 radical (unpaired) electrons. The van der Waals surface area contributed by atoms with Crippen LogP contribution in [-0.4, -0.2) is 14.2 Å². The molecule has 0 heterocycles. The van der Waals surface area contributed by atoms with Crippen molar-refractivity contribution < 1.29 is 8.42 Å². The van der Waals surface area contributed by atoms with Crippen molar-refractivity contribution in [2.24, 2.45) is 0 Å². The standard InChI is InChI=1S/C3H7N2O2S/c1-2-3-8(6,7)5-4/h2,4-5H,1,3H2. The first-order chi connectivity index (χ1) is 3.62. The van der Waals surface area contributed by atoms with Crippen LogP contribution in [0, 0.1) is 0 Å². The molecular formula is C3H7N2O2S. The summed E-state index contributed by atoms with van der Waals surface area (Å²) in [6.07, 6.45) is 1.22. The molecule has 0 fully saturated rings. The Morgan fingerprint density at radius 3 is 2.38 bits per heavy atom. The maximum Gasteiger partial charge on any atom is 0.228 e. The van der Waals surface area contributed by atoms with E-state index < -0.39 is 10.0 Å². The van der Waals surface area contributed by atoms with Crippen LogP contribution in [0.1, 0.15) is 0 Å². The maximum absolute atomic E-state index is 10.2. The van der Waals surface area contributed by atoms with E-state index in [1.165, 1.54) is 10.9 Å². The predicted octanol–water partition coefficient (Wildman–Crippen LogP) is -0.710. The van der Waals surface area contributed by atoms with E-state index in [1.54, 1.807) is 0 Å². The molecule has 2 N–H and O–H groups in total. The number of hydrogen-bond donors (Lipinski definition) is 1. The highest BCUT2D eigenvalue weighted by Gasteiger charge is 2.01. The first-order valence-corrected chi connectivity index (χ1v) is 3.54. The molecule has 8 heavy (non-hydrogen) atoms. The van der Waals surface area contributed by atoms with Gasteiger partial charge in [0.05, 0.1) is 5.75 Å². The Morgan fingerprint density at radius 2 is 2.25 bits per heavy atom. The van der Waals surface area contributed by atoms with Gasteiger partial charge in [0.15, 0.2) is 0 Å². The molecule has 4 nitrogen and oxygen atoms in total. The van der Waals surface area contributed by atoms with Gasteiger partial charge in [0.25, 0.3) is 0 Å². The fourth-order valence-electron chi connectivity index (χ4n) is 0.197. The Balaban J connectivity index is 3.94. The topological polar surface area (TPSA) is 70.0 Å². The number of sulfonamides is 1. The molecule has 5 heteroatoms. The van der Waals surface area contributed by atoms with Crippen LogP contribution in [-0.2, 0) is 10.0 Å². The van der Waals surface area contributed by atoms with Crippen molar-refractivity contribution in [2.75, 3.05) is 5.75 Å². The van der Waals surface area contributed by atoms with Gasteiger partial charge >= 0.3 is 0 Å². The van der Waals surface area contributed by atoms with Gasteiger partial charge in [-0.05, 0) is 0 Å². The largest absolute Gasteiger partial charge is 0.228 e. The van der Waals surface area contributed by atoms with Crippen LogP contribution in [0.5, 0.6) is 0 Å². The maximum atomic E-state index is 10.2. The first kappa shape index (κ1) is 7.61. The molecule has 0 spiro atoms. The SMILES string of the molecule is C=CCS(=O)(=O)N[NH]. The zero-order valence-corrected chi connectivity index (χ0v) is 5.03. The molecule has 0 rings (SSSR count). The summed E-state index contributed by atoms with van der Waals surface area (Å²) in [4.78, 5) is 1.39. The Labute approximate surface area is 48.4 Å². The van der Waals surface area contributed by atoms with Crippen LogP contribution in [0.2, 0.25) is 0 Å². The van der Waals surface area contributed by atoms with E-state index in [1.807, 2.05) is 0 Å². The normalized spacial score (nSPS) is 11.1. The molecule has 0 atom stereocenters. The molecule has 0 amide bonds. The summed E-state index contributed by atoms with van der Waals surface area (Å²) in [7, 11) is -3.37. The Bertz CT molecular complexity index is 160. The minimum Gasteiger partial charge on any atom is -0.211 e. The van der Waals surface area contributed by atoms with Gasteiger partial charge in [0.2, 0.25) is 10.0 Å². The molecule has 0 unspecified atom stereocenters. The average molecular weight is 135 g/mol. The third kappa shape index (κ3) is 2.73. The fourth-order valence-corrected chi connectivity index (χ4v) is 0.590. The molecular weight excluding hydrogens is 128 g/mol. The molecule has 0 aromatic heterocycles. The predicted molar refractivity (Wildman–Crippen MR) is 30.2 cm³/mol. The van der Waals surface area contributed by atoms with Crippen LogP contribution < -0.4 is 10.7 Å². The van der Waals surface area contributed by atoms with E-state index >= 15 is 0 Å². The summed E-state index contributed by atoms with van der Waals surface area (Å²) < 4.78 is 20.5. The minimum atomic E-state index is -3.37. The third-order valence-electron chi connectivity index (χ3n) is 0.493. The second-order valence-corrected chi connectivity index (χ2v) is 2.94. The summed E-state index contributed by atoms with van der Waals surface area (Å²) in [5.41, 5.74) is 0. The molecule has 0 aliphatic carbocycles. The van der Waals surface area contributed by atoms with Gasteiger partial charge in [-0.25, -0.2) is 8.42 Å². The minimum absolute atomic E-state index is 0.198. The highest BCUT2D eigenvalue weighted by molar-refractivity contribution is 7.89. The van der Waals surface area contributed by atoms with Crippen LogP contribution in [0.3, 0.4) is 0 Å². The summed E-state index contributed by atoms with van der Waals surface area (Å²) in [6.45, 7) is 3.19. The second kappa shape index (κ2) is 2.81. The second-order valence-electron chi connectivity index (χ2n) is 1.17. The van der Waals surface area contributed by atoms with Gasteiger partial charge in [-0.3, -0.25) is 0 Å². The van der Waals surface area contributed by atoms with Crippen molar-refractivity contribution in [2.45, 2.75) is 0 Å². The van der Waals surface area contributed by atoms with Gasteiger partial charge in [-0.1, -0.05) is 6.08 Å². The highest BCUT2D eigenvalue weighted by atomic mass is 32.2. The van der Waals surface area contributed by atoms with Gasteiger partial charge in [-0.15, -0.1) is 11.4 Å². The van der Waals surface area contributed by atoms with Gasteiger partial charge in [-0.2, -0.15) is 5.84 Å². The monoisotopic (exact) mass is 135 g/mol. The lowest BCUT2D eigenvalue weighted by Crippen LogP contribution is -2.23. The van der Waals surface area contributed by atoms with Crippen LogP contribution in [0.15, 0.2) is 12.7 Å². The molecule has 0 saturated heterocycles. The van der Waals surface area contributed by atoms with Crippen molar-refractivity contribution in [3.8, 4) is 0 Å². The first-order valence-electron chi connectivity index (χ1n) is 1.89. The van der Waals surface area contributed by atoms with Crippen molar-refractivity contribution >= 4 is 10.0 Å². The molecule has 0 aliphatic rings. The van der Waals surface area contributed by atoms with Crippen LogP contribution in [0.25, 0.3) is 0 Å². The van der Waals surface area contributed by atoms with E-state index in [4.69, 9.17) is 5.84 Å². The van der Waals surface area contributed by atoms with Gasteiger partial charge in [0.1, 0.15) is 0 Å². The smallest absolute Gasteiger partial charge is 0.211 e. The Hall–Kier alpha value is -0.390. The number of rotatable bonds is 3. The summed E-state index contributed by atoms with van der Waals surface area (Å²) in [6, 6.07) is 0. The van der Waals surface area contributed by atoms with E-state index in [2.05, 4.69) is 6.58 Å². The van der Waals surface area contributed by atoms with E-state index in [-0.39, 0.29) is 5.75 Å².